The number of rotatable bonds is 5. The van der Waals surface area contributed by atoms with Gasteiger partial charge in [0.15, 0.2) is 0 Å². The number of benzene rings is 1. The summed E-state index contributed by atoms with van der Waals surface area (Å²) in [5.74, 6) is 0.0142. The lowest BCUT2D eigenvalue weighted by Crippen LogP contribution is -2.45. The van der Waals surface area contributed by atoms with E-state index in [0.717, 1.165) is 5.56 Å². The van der Waals surface area contributed by atoms with E-state index in [1.165, 1.54) is 0 Å². The molecule has 2 atom stereocenters. The van der Waals surface area contributed by atoms with Crippen molar-refractivity contribution >= 4 is 17.7 Å². The predicted molar refractivity (Wildman–Crippen MR) is 80.0 cm³/mol. The molecule has 0 bridgehead atoms. The van der Waals surface area contributed by atoms with Crippen molar-refractivity contribution in [2.45, 2.75) is 44.9 Å². The highest BCUT2D eigenvalue weighted by Gasteiger charge is 2.25. The highest BCUT2D eigenvalue weighted by Crippen LogP contribution is 2.12. The first-order chi connectivity index (χ1) is 9.31. The number of carbonyl (C=O) groups excluding carboxylic acids is 1. The summed E-state index contributed by atoms with van der Waals surface area (Å²) in [6.07, 6.45) is -1.70. The highest BCUT2D eigenvalue weighted by atomic mass is 35.5. The second kappa shape index (κ2) is 7.50. The van der Waals surface area contributed by atoms with Gasteiger partial charge in [0.1, 0.15) is 12.2 Å². The molecule has 0 aliphatic carbocycles. The van der Waals surface area contributed by atoms with Crippen LogP contribution >= 0.6 is 11.6 Å². The molecule has 1 aromatic carbocycles. The van der Waals surface area contributed by atoms with Crippen LogP contribution in [0.4, 0.5) is 4.79 Å². The van der Waals surface area contributed by atoms with E-state index in [0.29, 0.717) is 6.42 Å². The van der Waals surface area contributed by atoms with E-state index in [4.69, 9.17) is 16.3 Å². The maximum Gasteiger partial charge on any atom is 0.407 e. The van der Waals surface area contributed by atoms with Crippen molar-refractivity contribution in [3.63, 3.8) is 0 Å². The third-order valence-corrected chi connectivity index (χ3v) is 2.92. The Morgan fingerprint density at radius 1 is 1.35 bits per heavy atom. The van der Waals surface area contributed by atoms with E-state index in [1.807, 2.05) is 51.1 Å². The first kappa shape index (κ1) is 16.8. The van der Waals surface area contributed by atoms with Crippen LogP contribution in [0, 0.1) is 0 Å². The van der Waals surface area contributed by atoms with E-state index in [1.54, 1.807) is 0 Å². The lowest BCUT2D eigenvalue weighted by Gasteiger charge is -2.25. The number of amides is 1. The molecule has 1 aromatic rings. The summed E-state index contributed by atoms with van der Waals surface area (Å²) >= 11 is 5.67. The summed E-state index contributed by atoms with van der Waals surface area (Å²) in [7, 11) is 0. The summed E-state index contributed by atoms with van der Waals surface area (Å²) in [5.41, 5.74) is 0.588. The molecule has 0 aliphatic rings. The van der Waals surface area contributed by atoms with Gasteiger partial charge in [0.2, 0.25) is 0 Å². The minimum Gasteiger partial charge on any atom is -0.443 e. The van der Waals surface area contributed by atoms with Gasteiger partial charge in [-0.15, -0.1) is 11.6 Å². The van der Waals surface area contributed by atoms with E-state index >= 15 is 0 Å². The van der Waals surface area contributed by atoms with Crippen LogP contribution in [0.15, 0.2) is 30.3 Å². The third-order valence-electron chi connectivity index (χ3n) is 2.60. The molecule has 0 fully saturated rings. The lowest BCUT2D eigenvalue weighted by atomic mass is 10.0. The Hall–Kier alpha value is -1.26. The largest absolute Gasteiger partial charge is 0.443 e. The number of aliphatic hydroxyl groups is 1. The van der Waals surface area contributed by atoms with E-state index in [2.05, 4.69) is 5.32 Å². The summed E-state index contributed by atoms with van der Waals surface area (Å²) < 4.78 is 5.30. The molecule has 0 saturated heterocycles. The number of nitrogens with one attached hydrogen (secondary N) is 1. The molecule has 0 aromatic heterocycles. The van der Waals surface area contributed by atoms with E-state index < -0.39 is 18.3 Å². The highest BCUT2D eigenvalue weighted by molar-refractivity contribution is 6.18. The summed E-state index contributed by atoms with van der Waals surface area (Å²) in [4.78, 5) is 11.8. The molecule has 0 heterocycles. The smallest absolute Gasteiger partial charge is 0.407 e. The van der Waals surface area contributed by atoms with Crippen LogP contribution in [-0.4, -0.2) is 34.8 Å². The predicted octanol–water partition coefficient (Wildman–Crippen LogP) is 2.72. The second-order valence-electron chi connectivity index (χ2n) is 5.73. The molecule has 1 amide bonds. The van der Waals surface area contributed by atoms with Gasteiger partial charge < -0.3 is 15.2 Å². The fourth-order valence-electron chi connectivity index (χ4n) is 1.68. The molecular formula is C15H22ClNO3. The average Bonchev–Trinajstić information content (AvgIpc) is 2.36. The van der Waals surface area contributed by atoms with Crippen LogP contribution < -0.4 is 5.32 Å². The summed E-state index contributed by atoms with van der Waals surface area (Å²) in [6.45, 7) is 5.58. The molecule has 1 rings (SSSR count). The van der Waals surface area contributed by atoms with Crippen molar-refractivity contribution in [2.24, 2.45) is 0 Å². The summed E-state index contributed by atoms with van der Waals surface area (Å²) in [6, 6.07) is 9.53. The van der Waals surface area contributed by atoms with Gasteiger partial charge in [-0.2, -0.15) is 0 Å². The fraction of sp³-hybridized carbons (Fsp3) is 0.533. The van der Waals surface area contributed by atoms with Gasteiger partial charge in [-0.3, -0.25) is 0 Å². The topological polar surface area (TPSA) is 58.6 Å². The minimum atomic E-state index is -0.900. The maximum atomic E-state index is 11.8. The number of carbonyl (C=O) groups is 1. The first-order valence-electron chi connectivity index (χ1n) is 6.58. The zero-order valence-electron chi connectivity index (χ0n) is 12.1. The molecule has 2 unspecified atom stereocenters. The van der Waals surface area contributed by atoms with Crippen LogP contribution in [0.1, 0.15) is 26.3 Å². The number of alkyl halides is 1. The van der Waals surface area contributed by atoms with Crippen LogP contribution in [0.5, 0.6) is 0 Å². The van der Waals surface area contributed by atoms with E-state index in [-0.39, 0.29) is 11.4 Å². The lowest BCUT2D eigenvalue weighted by molar-refractivity contribution is 0.0115. The zero-order chi connectivity index (χ0) is 15.2. The van der Waals surface area contributed by atoms with Crippen molar-refractivity contribution < 1.29 is 14.6 Å². The Labute approximate surface area is 125 Å². The molecule has 0 radical (unpaired) electrons. The first-order valence-corrected chi connectivity index (χ1v) is 7.12. The molecule has 0 saturated carbocycles. The Balaban J connectivity index is 2.68. The molecule has 2 N–H and O–H groups in total. The van der Waals surface area contributed by atoms with Crippen LogP contribution in [0.2, 0.25) is 0 Å². The second-order valence-corrected chi connectivity index (χ2v) is 6.04. The van der Waals surface area contributed by atoms with Crippen molar-refractivity contribution in [1.82, 2.24) is 5.32 Å². The number of hydrogen-bond acceptors (Lipinski definition) is 3. The molecule has 20 heavy (non-hydrogen) atoms. The summed E-state index contributed by atoms with van der Waals surface area (Å²) in [5, 5.41) is 12.6. The molecule has 4 nitrogen and oxygen atoms in total. The monoisotopic (exact) mass is 299 g/mol. The molecule has 112 valence electrons. The SMILES string of the molecule is CC(C)(C)NC(=O)OC(Cc1ccccc1)C(O)CCl. The Morgan fingerprint density at radius 3 is 2.45 bits per heavy atom. The Morgan fingerprint density at radius 2 is 1.95 bits per heavy atom. The number of ether oxygens (including phenoxy) is 1. The van der Waals surface area contributed by atoms with Gasteiger partial charge in [0.25, 0.3) is 0 Å². The normalized spacial score (nSPS) is 14.4. The van der Waals surface area contributed by atoms with Crippen molar-refractivity contribution in [3.05, 3.63) is 35.9 Å². The third kappa shape index (κ3) is 6.26. The Bertz CT molecular complexity index is 417. The zero-order valence-corrected chi connectivity index (χ0v) is 12.9. The fourth-order valence-corrected chi connectivity index (χ4v) is 1.87. The molecule has 0 spiro atoms. The van der Waals surface area contributed by atoms with Crippen LogP contribution in [0.25, 0.3) is 0 Å². The standard InChI is InChI=1S/C15H22ClNO3/c1-15(2,3)17-14(19)20-13(12(18)10-16)9-11-7-5-4-6-8-11/h4-8,12-13,18H,9-10H2,1-3H3,(H,17,19). The van der Waals surface area contributed by atoms with Crippen molar-refractivity contribution in [2.75, 3.05) is 5.88 Å². The molecular weight excluding hydrogens is 278 g/mol. The van der Waals surface area contributed by atoms with Gasteiger partial charge in [-0.1, -0.05) is 30.3 Å². The van der Waals surface area contributed by atoms with Gasteiger partial charge in [-0.25, -0.2) is 4.79 Å². The van der Waals surface area contributed by atoms with Gasteiger partial charge in [0.05, 0.1) is 5.88 Å². The average molecular weight is 300 g/mol. The van der Waals surface area contributed by atoms with Gasteiger partial charge in [0, 0.05) is 12.0 Å². The molecule has 0 aliphatic heterocycles. The quantitative estimate of drug-likeness (QED) is 0.822. The van der Waals surface area contributed by atoms with Crippen LogP contribution in [-0.2, 0) is 11.2 Å². The Kier molecular flexibility index (Phi) is 6.30. The number of halogens is 1. The molecule has 5 heteroatoms. The van der Waals surface area contributed by atoms with Gasteiger partial charge >= 0.3 is 6.09 Å². The number of alkyl carbamates (subject to hydrolysis) is 1. The van der Waals surface area contributed by atoms with Crippen molar-refractivity contribution in [3.8, 4) is 0 Å². The number of aliphatic hydroxyl groups excluding tert-OH is 1. The maximum absolute atomic E-state index is 11.8. The number of hydrogen-bond donors (Lipinski definition) is 2. The van der Waals surface area contributed by atoms with Crippen molar-refractivity contribution in [1.29, 1.82) is 0 Å². The minimum absolute atomic E-state index is 0.0142. The van der Waals surface area contributed by atoms with E-state index in [9.17, 15) is 9.90 Å². The van der Waals surface area contributed by atoms with Gasteiger partial charge in [-0.05, 0) is 26.3 Å². The van der Waals surface area contributed by atoms with Crippen LogP contribution in [0.3, 0.4) is 0 Å².